The predicted octanol–water partition coefficient (Wildman–Crippen LogP) is 3.42. The molecule has 1 aromatic heterocycles. The Morgan fingerprint density at radius 2 is 1.76 bits per heavy atom. The number of hydrogen-bond acceptors (Lipinski definition) is 5. The summed E-state index contributed by atoms with van der Waals surface area (Å²) < 4.78 is 1.05. The molecule has 1 N–H and O–H groups in total. The summed E-state index contributed by atoms with van der Waals surface area (Å²) in [4.78, 5) is 13.2. The molecular formula is C19H19BrN4O. The Balaban J connectivity index is 1.50. The number of aromatic nitrogens is 2. The number of hydrogen-bond donors (Lipinski definition) is 1. The lowest BCUT2D eigenvalue weighted by atomic mass is 10.0. The van der Waals surface area contributed by atoms with Crippen molar-refractivity contribution in [2.45, 2.75) is 6.54 Å². The van der Waals surface area contributed by atoms with E-state index in [9.17, 15) is 5.11 Å². The number of aromatic hydroxyl groups is 1. The van der Waals surface area contributed by atoms with E-state index in [-0.39, 0.29) is 0 Å². The van der Waals surface area contributed by atoms with E-state index in [1.165, 1.54) is 0 Å². The molecule has 0 radical (unpaired) electrons. The van der Waals surface area contributed by atoms with Gasteiger partial charge in [0, 0.05) is 55.2 Å². The lowest BCUT2D eigenvalue weighted by molar-refractivity contribution is 0.246. The van der Waals surface area contributed by atoms with Gasteiger partial charge in [0.2, 0.25) is 5.95 Å². The zero-order valence-corrected chi connectivity index (χ0v) is 15.4. The van der Waals surface area contributed by atoms with Gasteiger partial charge in [0.1, 0.15) is 5.75 Å². The summed E-state index contributed by atoms with van der Waals surface area (Å²) >= 11 is 3.51. The van der Waals surface area contributed by atoms with Gasteiger partial charge in [-0.3, -0.25) is 4.90 Å². The van der Waals surface area contributed by atoms with Crippen molar-refractivity contribution in [3.63, 3.8) is 0 Å². The number of phenolic OH excluding ortho intramolecular Hbond substituents is 1. The highest BCUT2D eigenvalue weighted by Gasteiger charge is 2.20. The first-order valence-electron chi connectivity index (χ1n) is 8.35. The third-order valence-electron chi connectivity index (χ3n) is 4.66. The maximum Gasteiger partial charge on any atom is 0.225 e. The molecule has 128 valence electrons. The molecule has 0 saturated carbocycles. The van der Waals surface area contributed by atoms with Crippen LogP contribution in [0, 0.1) is 0 Å². The molecule has 0 bridgehead atoms. The molecule has 1 aliphatic rings. The van der Waals surface area contributed by atoms with Crippen LogP contribution in [0.2, 0.25) is 0 Å². The first-order chi connectivity index (χ1) is 12.2. The van der Waals surface area contributed by atoms with Crippen molar-refractivity contribution in [3.8, 4) is 5.75 Å². The van der Waals surface area contributed by atoms with Gasteiger partial charge in [-0.2, -0.15) is 0 Å². The lowest BCUT2D eigenvalue weighted by Crippen LogP contribution is -2.46. The van der Waals surface area contributed by atoms with E-state index in [0.29, 0.717) is 5.75 Å². The summed E-state index contributed by atoms with van der Waals surface area (Å²) in [5.41, 5.74) is 0.995. The first-order valence-corrected chi connectivity index (χ1v) is 9.14. The largest absolute Gasteiger partial charge is 0.508 e. The van der Waals surface area contributed by atoms with Gasteiger partial charge in [-0.15, -0.1) is 0 Å². The van der Waals surface area contributed by atoms with Crippen molar-refractivity contribution in [3.05, 3.63) is 58.8 Å². The lowest BCUT2D eigenvalue weighted by Gasteiger charge is -2.34. The van der Waals surface area contributed by atoms with E-state index in [1.54, 1.807) is 18.5 Å². The van der Waals surface area contributed by atoms with E-state index < -0.39 is 0 Å². The molecule has 0 atom stereocenters. The average molecular weight is 399 g/mol. The summed E-state index contributed by atoms with van der Waals surface area (Å²) in [5.74, 6) is 1.16. The molecule has 0 spiro atoms. The maximum absolute atomic E-state index is 10.4. The molecule has 6 heteroatoms. The maximum atomic E-state index is 10.4. The smallest absolute Gasteiger partial charge is 0.225 e. The van der Waals surface area contributed by atoms with Gasteiger partial charge in [-0.25, -0.2) is 9.97 Å². The normalized spacial score (nSPS) is 15.6. The van der Waals surface area contributed by atoms with Crippen LogP contribution < -0.4 is 4.90 Å². The highest BCUT2D eigenvalue weighted by molar-refractivity contribution is 9.10. The quantitative estimate of drug-likeness (QED) is 0.732. The second-order valence-corrected chi connectivity index (χ2v) is 7.16. The van der Waals surface area contributed by atoms with Crippen LogP contribution in [0.1, 0.15) is 5.56 Å². The Labute approximate surface area is 155 Å². The van der Waals surface area contributed by atoms with E-state index in [4.69, 9.17) is 0 Å². The Kier molecular flexibility index (Phi) is 4.55. The van der Waals surface area contributed by atoms with Crippen LogP contribution in [0.4, 0.5) is 5.95 Å². The third kappa shape index (κ3) is 3.45. The van der Waals surface area contributed by atoms with Crippen LogP contribution in [-0.4, -0.2) is 46.2 Å². The van der Waals surface area contributed by atoms with Crippen molar-refractivity contribution in [2.24, 2.45) is 0 Å². The minimum Gasteiger partial charge on any atom is -0.508 e. The number of phenols is 1. The van der Waals surface area contributed by atoms with E-state index >= 15 is 0 Å². The summed E-state index contributed by atoms with van der Waals surface area (Å²) in [6.07, 6.45) is 3.56. The summed E-state index contributed by atoms with van der Waals surface area (Å²) in [6.45, 7) is 4.37. The van der Waals surface area contributed by atoms with E-state index in [2.05, 4.69) is 47.8 Å². The second kappa shape index (κ2) is 6.98. The Bertz CT molecular complexity index is 879. The van der Waals surface area contributed by atoms with Gasteiger partial charge in [-0.1, -0.05) is 28.1 Å². The van der Waals surface area contributed by atoms with E-state index in [1.807, 2.05) is 18.2 Å². The topological polar surface area (TPSA) is 52.5 Å². The van der Waals surface area contributed by atoms with Gasteiger partial charge < -0.3 is 10.0 Å². The average Bonchev–Trinajstić information content (AvgIpc) is 2.65. The van der Waals surface area contributed by atoms with Gasteiger partial charge >= 0.3 is 0 Å². The highest BCUT2D eigenvalue weighted by atomic mass is 79.9. The highest BCUT2D eigenvalue weighted by Crippen LogP contribution is 2.30. The van der Waals surface area contributed by atoms with Gasteiger partial charge in [0.05, 0.1) is 0 Å². The Hall–Kier alpha value is -2.18. The van der Waals surface area contributed by atoms with Crippen molar-refractivity contribution >= 4 is 32.7 Å². The number of anilines is 1. The number of fused-ring (bicyclic) bond motifs is 1. The molecule has 1 aliphatic heterocycles. The van der Waals surface area contributed by atoms with Gasteiger partial charge in [-0.05, 0) is 35.0 Å². The first kappa shape index (κ1) is 16.3. The number of benzene rings is 2. The fourth-order valence-electron chi connectivity index (χ4n) is 3.30. The predicted molar refractivity (Wildman–Crippen MR) is 103 cm³/mol. The zero-order valence-electron chi connectivity index (χ0n) is 13.8. The van der Waals surface area contributed by atoms with Crippen LogP contribution in [0.3, 0.4) is 0 Å². The molecule has 2 aromatic carbocycles. The molecule has 5 nitrogen and oxygen atoms in total. The van der Waals surface area contributed by atoms with Crippen LogP contribution >= 0.6 is 15.9 Å². The molecule has 1 saturated heterocycles. The standard InChI is InChI=1S/C19H19BrN4O/c20-15-3-4-16-14(12-15)2-5-18(25)17(16)13-23-8-10-24(11-9-23)19-21-6-1-7-22-19/h1-7,12,25H,8-11,13H2. The van der Waals surface area contributed by atoms with Gasteiger partial charge in [0.25, 0.3) is 0 Å². The van der Waals surface area contributed by atoms with Crippen molar-refractivity contribution in [1.82, 2.24) is 14.9 Å². The van der Waals surface area contributed by atoms with Gasteiger partial charge in [0.15, 0.2) is 0 Å². The summed E-state index contributed by atoms with van der Waals surface area (Å²) in [6, 6.07) is 11.8. The van der Waals surface area contributed by atoms with E-state index in [0.717, 1.165) is 59.5 Å². The van der Waals surface area contributed by atoms with Crippen molar-refractivity contribution in [1.29, 1.82) is 0 Å². The fraction of sp³-hybridized carbons (Fsp3) is 0.263. The van der Waals surface area contributed by atoms with Crippen LogP contribution in [-0.2, 0) is 6.54 Å². The molecule has 25 heavy (non-hydrogen) atoms. The molecule has 2 heterocycles. The van der Waals surface area contributed by atoms with Crippen LogP contribution in [0.25, 0.3) is 10.8 Å². The van der Waals surface area contributed by atoms with Crippen molar-refractivity contribution < 1.29 is 5.11 Å². The molecule has 1 fully saturated rings. The molecule has 0 unspecified atom stereocenters. The molecule has 0 amide bonds. The SMILES string of the molecule is Oc1ccc2cc(Br)ccc2c1CN1CCN(c2ncccn2)CC1. The molecule has 3 aromatic rings. The number of piperazine rings is 1. The number of halogens is 1. The minimum absolute atomic E-state index is 0.364. The minimum atomic E-state index is 0.364. The molecule has 4 rings (SSSR count). The third-order valence-corrected chi connectivity index (χ3v) is 5.15. The van der Waals surface area contributed by atoms with Crippen LogP contribution in [0.15, 0.2) is 53.3 Å². The van der Waals surface area contributed by atoms with Crippen molar-refractivity contribution in [2.75, 3.05) is 31.1 Å². The monoisotopic (exact) mass is 398 g/mol. The fourth-order valence-corrected chi connectivity index (χ4v) is 3.68. The number of rotatable bonds is 3. The van der Waals surface area contributed by atoms with Crippen LogP contribution in [0.5, 0.6) is 5.75 Å². The number of nitrogens with zero attached hydrogens (tertiary/aromatic N) is 4. The Morgan fingerprint density at radius 3 is 2.52 bits per heavy atom. The summed E-state index contributed by atoms with van der Waals surface area (Å²) in [5, 5.41) is 12.6. The Morgan fingerprint density at radius 1 is 1.00 bits per heavy atom. The molecular weight excluding hydrogens is 380 g/mol. The zero-order chi connectivity index (χ0) is 17.2. The summed E-state index contributed by atoms with van der Waals surface area (Å²) in [7, 11) is 0. The second-order valence-electron chi connectivity index (χ2n) is 6.24. The molecule has 0 aliphatic carbocycles.